The van der Waals surface area contributed by atoms with Gasteiger partial charge in [0.25, 0.3) is 0 Å². The third kappa shape index (κ3) is 10.4. The van der Waals surface area contributed by atoms with Crippen LogP contribution in [0.15, 0.2) is 58.3 Å². The van der Waals surface area contributed by atoms with Gasteiger partial charge in [-0.3, -0.25) is 9.59 Å². The molecular weight excluding hydrogens is 749 g/mol. The second kappa shape index (κ2) is 18.1. The number of nitrogens with zero attached hydrogens (tertiary/aromatic N) is 1. The van der Waals surface area contributed by atoms with Crippen LogP contribution >= 0.6 is 23.2 Å². The van der Waals surface area contributed by atoms with E-state index in [4.69, 9.17) is 27.9 Å². The van der Waals surface area contributed by atoms with Gasteiger partial charge in [-0.25, -0.2) is 21.6 Å². The zero-order chi connectivity index (χ0) is 38.0. The minimum absolute atomic E-state index is 0.0278. The van der Waals surface area contributed by atoms with Crippen LogP contribution in [0.5, 0.6) is 0 Å². The van der Waals surface area contributed by atoms with E-state index in [-0.39, 0.29) is 61.5 Å². The van der Waals surface area contributed by atoms with Gasteiger partial charge in [0.1, 0.15) is 5.60 Å². The van der Waals surface area contributed by atoms with Crippen molar-refractivity contribution in [3.63, 3.8) is 0 Å². The maximum absolute atomic E-state index is 14.8. The Labute approximate surface area is 300 Å². The van der Waals surface area contributed by atoms with Gasteiger partial charge in [0.2, 0.25) is 19.7 Å². The number of sulfone groups is 2. The molecular formula is C33H41Cl2F4NO8S2. The van der Waals surface area contributed by atoms with E-state index in [1.165, 1.54) is 41.3 Å². The summed E-state index contributed by atoms with van der Waals surface area (Å²) in [6.07, 6.45) is 2.05. The molecule has 1 saturated carbocycles. The first-order chi connectivity index (χ1) is 23.2. The predicted octanol–water partition coefficient (Wildman–Crippen LogP) is 8.38. The zero-order valence-corrected chi connectivity index (χ0v) is 30.9. The largest absolute Gasteiger partial charge is 0.444 e. The van der Waals surface area contributed by atoms with Gasteiger partial charge in [-0.2, -0.15) is 17.6 Å². The molecule has 1 saturated heterocycles. The molecule has 17 heteroatoms. The number of carbonyl (C=O) groups is 3. The maximum atomic E-state index is 14.8. The topological polar surface area (TPSA) is 132 Å². The molecule has 280 valence electrons. The average Bonchev–Trinajstić information content (AvgIpc) is 3.08. The molecule has 1 heterocycles. The van der Waals surface area contributed by atoms with Crippen molar-refractivity contribution in [2.75, 3.05) is 18.4 Å². The van der Waals surface area contributed by atoms with E-state index in [9.17, 15) is 48.8 Å². The highest BCUT2D eigenvalue weighted by Crippen LogP contribution is 2.44. The Morgan fingerprint density at radius 3 is 1.46 bits per heavy atom. The minimum Gasteiger partial charge on any atom is -0.444 e. The van der Waals surface area contributed by atoms with Gasteiger partial charge in [0.15, 0.2) is 12.6 Å². The summed E-state index contributed by atoms with van der Waals surface area (Å²) in [6.45, 7) is 5.04. The molecule has 9 nitrogen and oxygen atoms in total. The lowest BCUT2D eigenvalue weighted by Crippen LogP contribution is -2.47. The summed E-state index contributed by atoms with van der Waals surface area (Å²) in [4.78, 5) is 34.0. The van der Waals surface area contributed by atoms with E-state index in [2.05, 4.69) is 0 Å². The zero-order valence-electron chi connectivity index (χ0n) is 27.8. The standard InChI is InChI=1S/C18H23F2NO5S.C14H16F2O3S.CH2Cl2/c1-17(2,3)26-16(23)21-10-8-14(9-11-21)18(19,20)27(24,25)15-7-5-4-6-13(15)12-22;15-14(16,12-7-2-1-3-8-12)20(18,19)13-9-5-4-6-11(13)10-17;2-1-3/h4-7,12,14H,8-11H2,1-3H3;4-6,9-10,12H,1-3,7-8H2;1H2. The van der Waals surface area contributed by atoms with Crippen molar-refractivity contribution in [3.8, 4) is 0 Å². The molecule has 2 aliphatic rings. The number of piperidine rings is 1. The van der Waals surface area contributed by atoms with Crippen LogP contribution in [0.1, 0.15) is 86.4 Å². The molecule has 0 bridgehead atoms. The third-order valence-electron chi connectivity index (χ3n) is 8.09. The Morgan fingerprint density at radius 1 is 0.740 bits per heavy atom. The molecule has 1 aliphatic heterocycles. The van der Waals surface area contributed by atoms with Crippen LogP contribution in [0.25, 0.3) is 0 Å². The number of aldehydes is 2. The number of carbonyl (C=O) groups excluding carboxylic acids is 3. The number of halogens is 6. The molecule has 4 rings (SSSR count). The van der Waals surface area contributed by atoms with Crippen LogP contribution in [-0.2, 0) is 24.4 Å². The molecule has 2 fully saturated rings. The van der Waals surface area contributed by atoms with Crippen LogP contribution in [-0.4, -0.2) is 74.9 Å². The summed E-state index contributed by atoms with van der Waals surface area (Å²) in [6, 6.07) is 9.97. The van der Waals surface area contributed by atoms with Crippen molar-refractivity contribution in [1.82, 2.24) is 4.90 Å². The van der Waals surface area contributed by atoms with Crippen molar-refractivity contribution in [3.05, 3.63) is 59.7 Å². The fourth-order valence-electron chi connectivity index (χ4n) is 5.54. The molecule has 0 radical (unpaired) electrons. The summed E-state index contributed by atoms with van der Waals surface area (Å²) >= 11 is 9.53. The van der Waals surface area contributed by atoms with Crippen molar-refractivity contribution < 1.29 is 53.5 Å². The van der Waals surface area contributed by atoms with Gasteiger partial charge >= 0.3 is 16.6 Å². The van der Waals surface area contributed by atoms with Crippen LogP contribution in [0, 0.1) is 11.8 Å². The number of likely N-dealkylation sites (tertiary alicyclic amines) is 1. The van der Waals surface area contributed by atoms with Crippen LogP contribution in [0.2, 0.25) is 0 Å². The molecule has 1 amide bonds. The maximum Gasteiger partial charge on any atom is 0.410 e. The first kappa shape index (κ1) is 43.4. The van der Waals surface area contributed by atoms with E-state index in [0.717, 1.165) is 18.6 Å². The summed E-state index contributed by atoms with van der Waals surface area (Å²) in [5.41, 5.74) is -1.23. The van der Waals surface area contributed by atoms with Crippen molar-refractivity contribution in [2.24, 2.45) is 11.8 Å². The first-order valence-corrected chi connectivity index (χ1v) is 19.7. The lowest BCUT2D eigenvalue weighted by atomic mass is 9.89. The van der Waals surface area contributed by atoms with Gasteiger partial charge in [-0.1, -0.05) is 55.7 Å². The molecule has 0 unspecified atom stereocenters. The lowest BCUT2D eigenvalue weighted by molar-refractivity contribution is -0.0178. The summed E-state index contributed by atoms with van der Waals surface area (Å²) in [5.74, 6) is -2.62. The van der Waals surface area contributed by atoms with Crippen molar-refractivity contribution in [2.45, 2.75) is 91.6 Å². The van der Waals surface area contributed by atoms with Gasteiger partial charge in [-0.15, -0.1) is 23.2 Å². The van der Waals surface area contributed by atoms with E-state index in [1.54, 1.807) is 20.8 Å². The number of benzene rings is 2. The van der Waals surface area contributed by atoms with Gasteiger partial charge < -0.3 is 9.64 Å². The van der Waals surface area contributed by atoms with Crippen LogP contribution in [0.3, 0.4) is 0 Å². The highest BCUT2D eigenvalue weighted by atomic mass is 35.5. The second-order valence-electron chi connectivity index (χ2n) is 12.6. The summed E-state index contributed by atoms with van der Waals surface area (Å²) in [5, 5.41) is -7.68. The normalized spacial score (nSPS) is 16.6. The number of hydrogen-bond donors (Lipinski definition) is 0. The van der Waals surface area contributed by atoms with Gasteiger partial charge in [0, 0.05) is 36.1 Å². The van der Waals surface area contributed by atoms with Crippen LogP contribution in [0.4, 0.5) is 22.4 Å². The molecule has 50 heavy (non-hydrogen) atoms. The molecule has 0 spiro atoms. The molecule has 1 aliphatic carbocycles. The highest BCUT2D eigenvalue weighted by Gasteiger charge is 2.54. The van der Waals surface area contributed by atoms with Gasteiger partial charge in [-0.05, 0) is 58.6 Å². The molecule has 0 aromatic heterocycles. The molecule has 2 aromatic carbocycles. The van der Waals surface area contributed by atoms with Crippen molar-refractivity contribution in [1.29, 1.82) is 0 Å². The number of alkyl halides is 6. The summed E-state index contributed by atoms with van der Waals surface area (Å²) < 4.78 is 113. The van der Waals surface area contributed by atoms with Crippen molar-refractivity contribution >= 4 is 61.5 Å². The monoisotopic (exact) mass is 789 g/mol. The Bertz CT molecular complexity index is 1670. The number of amides is 1. The predicted molar refractivity (Wildman–Crippen MR) is 182 cm³/mol. The third-order valence-corrected chi connectivity index (χ3v) is 12.1. The molecule has 0 N–H and O–H groups in total. The highest BCUT2D eigenvalue weighted by molar-refractivity contribution is 7.92. The average molecular weight is 791 g/mol. The Morgan fingerprint density at radius 2 is 1.10 bits per heavy atom. The Kier molecular flexibility index (Phi) is 15.8. The quantitative estimate of drug-likeness (QED) is 0.148. The molecule has 2 aromatic rings. The van der Waals surface area contributed by atoms with Crippen LogP contribution < -0.4 is 0 Å². The fraction of sp³-hybridized carbons (Fsp3) is 0.545. The van der Waals surface area contributed by atoms with Gasteiger partial charge in [0.05, 0.1) is 15.1 Å². The first-order valence-electron chi connectivity index (χ1n) is 15.7. The number of hydrogen-bond acceptors (Lipinski definition) is 8. The minimum atomic E-state index is -5.05. The molecule has 0 atom stereocenters. The van der Waals surface area contributed by atoms with E-state index in [1.807, 2.05) is 0 Å². The van der Waals surface area contributed by atoms with E-state index in [0.29, 0.717) is 19.1 Å². The Hall–Kier alpha value is -2.75. The summed E-state index contributed by atoms with van der Waals surface area (Å²) in [7, 11) is -9.89. The number of rotatable bonds is 8. The SMILES string of the molecule is CC(C)(C)OC(=O)N1CCC(C(F)(F)S(=O)(=O)c2ccccc2C=O)CC1.ClCCl.O=Cc1ccccc1S(=O)(=O)C(F)(F)C1CCCCC1. The second-order valence-corrected chi connectivity index (χ2v) is 17.4. The Balaban J connectivity index is 0.000000333. The fourth-order valence-corrected chi connectivity index (χ4v) is 8.84. The number of ether oxygens (including phenoxy) is 1. The van der Waals surface area contributed by atoms with E-state index >= 15 is 0 Å². The van der Waals surface area contributed by atoms with E-state index < -0.39 is 63.5 Å². The lowest BCUT2D eigenvalue weighted by Gasteiger charge is -2.36. The smallest absolute Gasteiger partial charge is 0.410 e.